The van der Waals surface area contributed by atoms with Gasteiger partial charge < -0.3 is 9.80 Å². The third-order valence-electron chi connectivity index (χ3n) is 8.65. The molecular formula is C31H31N7O. The fraction of sp³-hybridized carbons (Fsp3) is 0.355. The normalized spacial score (nSPS) is 18.8. The van der Waals surface area contributed by atoms with Crippen molar-refractivity contribution in [3.8, 4) is 11.8 Å². The van der Waals surface area contributed by atoms with Crippen molar-refractivity contribution in [3.05, 3.63) is 77.2 Å². The van der Waals surface area contributed by atoms with Gasteiger partial charge in [-0.3, -0.25) is 9.69 Å². The number of nitrogens with zero attached hydrogens (tertiary/aromatic N) is 7. The van der Waals surface area contributed by atoms with E-state index in [1.54, 1.807) is 18.3 Å². The number of hydrogen-bond donors (Lipinski definition) is 0. The number of anilines is 2. The molecule has 4 aromatic rings. The smallest absolute Gasteiger partial charge is 0.261 e. The minimum absolute atomic E-state index is 0.0187. The summed E-state index contributed by atoms with van der Waals surface area (Å²) in [4.78, 5) is 25.8. The molecule has 1 atom stereocenters. The summed E-state index contributed by atoms with van der Waals surface area (Å²) < 4.78 is 1.82. The third-order valence-corrected chi connectivity index (χ3v) is 8.65. The molecule has 8 heteroatoms. The molecule has 1 amide bonds. The minimum Gasteiger partial charge on any atom is -0.353 e. The van der Waals surface area contributed by atoms with E-state index in [0.29, 0.717) is 30.1 Å². The Labute approximate surface area is 228 Å². The second-order valence-corrected chi connectivity index (χ2v) is 10.8. The number of hydrogen-bond acceptors (Lipinski definition) is 6. The molecule has 0 aliphatic carbocycles. The zero-order chi connectivity index (χ0) is 26.5. The van der Waals surface area contributed by atoms with Gasteiger partial charge in [-0.05, 0) is 85.6 Å². The molecule has 2 fully saturated rings. The van der Waals surface area contributed by atoms with Crippen molar-refractivity contribution in [1.82, 2.24) is 19.7 Å². The van der Waals surface area contributed by atoms with Crippen LogP contribution in [0.25, 0.3) is 16.5 Å². The predicted molar refractivity (Wildman–Crippen MR) is 152 cm³/mol. The van der Waals surface area contributed by atoms with Crippen LogP contribution in [0.15, 0.2) is 54.9 Å². The van der Waals surface area contributed by atoms with Gasteiger partial charge in [0.1, 0.15) is 5.82 Å². The average Bonchev–Trinajstić information content (AvgIpc) is 3.73. The fourth-order valence-electron chi connectivity index (χ4n) is 6.63. The SMILES string of the molecule is CCc1c(C(=O)N2CCc3cc4ccnc(N5CCN6CCC[C@H]6C5)c4cc32)cnn1-c1ccc(C#N)cc1. The van der Waals surface area contributed by atoms with Gasteiger partial charge in [-0.25, -0.2) is 9.67 Å². The van der Waals surface area contributed by atoms with Crippen molar-refractivity contribution in [2.75, 3.05) is 42.5 Å². The van der Waals surface area contributed by atoms with Crippen molar-refractivity contribution < 1.29 is 4.79 Å². The van der Waals surface area contributed by atoms with Crippen LogP contribution in [0.3, 0.4) is 0 Å². The number of pyridine rings is 1. The first-order valence-electron chi connectivity index (χ1n) is 13.9. The Morgan fingerprint density at radius 1 is 1.10 bits per heavy atom. The zero-order valence-electron chi connectivity index (χ0n) is 22.2. The summed E-state index contributed by atoms with van der Waals surface area (Å²) in [6.45, 7) is 6.99. The van der Waals surface area contributed by atoms with Gasteiger partial charge in [0.25, 0.3) is 5.91 Å². The molecule has 5 heterocycles. The molecule has 0 N–H and O–H groups in total. The summed E-state index contributed by atoms with van der Waals surface area (Å²) in [5.41, 5.74) is 5.12. The number of fused-ring (bicyclic) bond motifs is 3. The Morgan fingerprint density at radius 3 is 2.79 bits per heavy atom. The lowest BCUT2D eigenvalue weighted by molar-refractivity contribution is 0.0988. The zero-order valence-corrected chi connectivity index (χ0v) is 22.2. The van der Waals surface area contributed by atoms with Gasteiger partial charge in [0, 0.05) is 49.5 Å². The maximum Gasteiger partial charge on any atom is 0.261 e. The highest BCUT2D eigenvalue weighted by Crippen LogP contribution is 2.37. The maximum atomic E-state index is 14.0. The van der Waals surface area contributed by atoms with Gasteiger partial charge in [-0.1, -0.05) is 6.92 Å². The molecule has 3 aliphatic rings. The van der Waals surface area contributed by atoms with Gasteiger partial charge in [-0.15, -0.1) is 0 Å². The minimum atomic E-state index is -0.0187. The van der Waals surface area contributed by atoms with Gasteiger partial charge in [-0.2, -0.15) is 10.4 Å². The third kappa shape index (κ3) is 3.96. The van der Waals surface area contributed by atoms with E-state index < -0.39 is 0 Å². The van der Waals surface area contributed by atoms with E-state index in [-0.39, 0.29) is 5.91 Å². The molecule has 39 heavy (non-hydrogen) atoms. The molecule has 8 nitrogen and oxygen atoms in total. The van der Waals surface area contributed by atoms with Crippen molar-refractivity contribution in [2.45, 2.75) is 38.6 Å². The van der Waals surface area contributed by atoms with Crippen LogP contribution in [0.5, 0.6) is 0 Å². The lowest BCUT2D eigenvalue weighted by atomic mass is 10.0. The first-order valence-corrected chi connectivity index (χ1v) is 13.9. The highest BCUT2D eigenvalue weighted by molar-refractivity contribution is 6.09. The topological polar surface area (TPSA) is 81.3 Å². The summed E-state index contributed by atoms with van der Waals surface area (Å²) in [7, 11) is 0. The number of aromatic nitrogens is 3. The molecule has 196 valence electrons. The quantitative estimate of drug-likeness (QED) is 0.401. The summed E-state index contributed by atoms with van der Waals surface area (Å²) >= 11 is 0. The summed E-state index contributed by atoms with van der Waals surface area (Å²) in [6.07, 6.45) is 7.66. The van der Waals surface area contributed by atoms with Crippen LogP contribution in [0.4, 0.5) is 11.5 Å². The highest BCUT2D eigenvalue weighted by Gasteiger charge is 2.33. The molecule has 0 bridgehead atoms. The van der Waals surface area contributed by atoms with Crippen LogP contribution < -0.4 is 9.80 Å². The number of benzene rings is 2. The molecule has 3 aliphatic heterocycles. The highest BCUT2D eigenvalue weighted by atomic mass is 16.2. The van der Waals surface area contributed by atoms with Crippen LogP contribution in [0.2, 0.25) is 0 Å². The molecule has 0 spiro atoms. The Hall–Kier alpha value is -4.22. The number of carbonyl (C=O) groups excluding carboxylic acids is 1. The van der Waals surface area contributed by atoms with E-state index in [4.69, 9.17) is 10.2 Å². The van der Waals surface area contributed by atoms with Crippen LogP contribution in [-0.2, 0) is 12.8 Å². The van der Waals surface area contributed by atoms with Crippen LogP contribution >= 0.6 is 0 Å². The van der Waals surface area contributed by atoms with Crippen LogP contribution in [0, 0.1) is 11.3 Å². The van der Waals surface area contributed by atoms with E-state index in [9.17, 15) is 4.79 Å². The Morgan fingerprint density at radius 2 is 1.97 bits per heavy atom. The van der Waals surface area contributed by atoms with Gasteiger partial charge in [0.05, 0.1) is 34.8 Å². The van der Waals surface area contributed by atoms with Crippen LogP contribution in [0.1, 0.15) is 46.9 Å². The van der Waals surface area contributed by atoms with Crippen molar-refractivity contribution >= 4 is 28.2 Å². The molecule has 2 saturated heterocycles. The van der Waals surface area contributed by atoms with Gasteiger partial charge in [0.2, 0.25) is 0 Å². The second-order valence-electron chi connectivity index (χ2n) is 10.8. The lowest BCUT2D eigenvalue weighted by Crippen LogP contribution is -2.50. The Bertz CT molecular complexity index is 1620. The second kappa shape index (κ2) is 9.51. The Balaban J connectivity index is 1.23. The average molecular weight is 518 g/mol. The number of nitriles is 1. The van der Waals surface area contributed by atoms with E-state index >= 15 is 0 Å². The predicted octanol–water partition coefficient (Wildman–Crippen LogP) is 4.34. The number of piperazine rings is 1. The summed E-state index contributed by atoms with van der Waals surface area (Å²) in [5, 5.41) is 16.0. The molecule has 2 aromatic heterocycles. The van der Waals surface area contributed by atoms with Gasteiger partial charge >= 0.3 is 0 Å². The standard InChI is InChI=1S/C31H31N7O/c1-2-28-27(19-34-38(28)24-7-5-21(18-32)6-8-24)31(39)37-13-10-23-16-22-9-11-33-30(26(22)17-29(23)37)36-15-14-35-12-3-4-25(35)20-36/h5-9,11,16-17,19,25H,2-4,10,12-15,20H2,1H3/t25-/m0/s1. The van der Waals surface area contributed by atoms with E-state index in [1.165, 1.54) is 30.3 Å². The molecule has 2 aromatic carbocycles. The first-order chi connectivity index (χ1) is 19.1. The number of rotatable bonds is 4. The molecule has 7 rings (SSSR count). The maximum absolute atomic E-state index is 14.0. The van der Waals surface area contributed by atoms with Gasteiger partial charge in [0.15, 0.2) is 0 Å². The van der Waals surface area contributed by atoms with E-state index in [2.05, 4.69) is 39.2 Å². The molecule has 0 saturated carbocycles. The monoisotopic (exact) mass is 517 g/mol. The van der Waals surface area contributed by atoms with E-state index in [0.717, 1.165) is 54.3 Å². The van der Waals surface area contributed by atoms with Crippen molar-refractivity contribution in [2.24, 2.45) is 0 Å². The molecular weight excluding hydrogens is 486 g/mol. The lowest BCUT2D eigenvalue weighted by Gasteiger charge is -2.38. The molecule has 0 radical (unpaired) electrons. The molecule has 0 unspecified atom stereocenters. The number of carbonyl (C=O) groups is 1. The summed E-state index contributed by atoms with van der Waals surface area (Å²) in [6, 6.07) is 16.6. The largest absolute Gasteiger partial charge is 0.353 e. The first kappa shape index (κ1) is 23.9. The number of amides is 1. The Kier molecular flexibility index (Phi) is 5.82. The fourth-order valence-corrected chi connectivity index (χ4v) is 6.63. The van der Waals surface area contributed by atoms with Crippen molar-refractivity contribution in [3.63, 3.8) is 0 Å². The van der Waals surface area contributed by atoms with Crippen molar-refractivity contribution in [1.29, 1.82) is 5.26 Å². The van der Waals surface area contributed by atoms with E-state index in [1.807, 2.05) is 34.8 Å². The van der Waals surface area contributed by atoms with Crippen LogP contribution in [-0.4, -0.2) is 64.3 Å². The summed E-state index contributed by atoms with van der Waals surface area (Å²) in [5.74, 6) is 1.01.